The molecule has 7 amide bonds. The standard InChI is InChI=1S/C69H103N13O34/c1-2-37(67(113)114)77-64(110)32(6-15-50(96)73-25-44(90)56(103)59(106)47(93)28-84)20-41(87)39(13-18-53(100)101)79-65(111)33(7-16-51(97)74-26-45(91)57(104)60(107)48(94)29-85)21-42(88)38(12-17-52(98)99)78-63(109)31(5-14-49(95)72-24-43(89)55(102)58(105)46(92)27-83)19-36(86)10-11-40(68(115)116)80-62(108)30-3-8-34(9-4-30)71-22-35-23-75-61-54(76-35)66(112)82-69(70)81-61/h3-4,8-9,23,31-33,37-40,43-48,55-60,71,83-85,89-94,102-107H,2,5-7,10-22,24-29H2,1H3,(H,72,95)(H,73,96)(H,74,97)(H,77,110)(H,78,109)(H,79,111)(H,80,108)(H,98,99)(H,100,101)(H,113,114)(H,115,116)(H3,70,75,81,82,112)/t31-,32-,33-,37+,38+,39+,40+,43+,44+,45+,46-,47-,48-,55-,56-,57-,58-,59-,60-/m1/s1. The molecule has 3 rings (SSSR count). The van der Waals surface area contributed by atoms with Crippen molar-refractivity contribution in [3.05, 3.63) is 52.1 Å². The number of carboxylic acids is 4. The number of benzene rings is 1. The predicted molar refractivity (Wildman–Crippen MR) is 391 cm³/mol. The summed E-state index contributed by atoms with van der Waals surface area (Å²) in [5, 5.41) is 207. The quantitative estimate of drug-likeness (QED) is 0.0249. The third-order valence-electron chi connectivity index (χ3n) is 18.3. The normalized spacial score (nSPS) is 16.4. The van der Waals surface area contributed by atoms with E-state index in [1.807, 2.05) is 0 Å². The van der Waals surface area contributed by atoms with E-state index in [9.17, 15) is 164 Å². The van der Waals surface area contributed by atoms with Crippen LogP contribution in [-0.2, 0) is 68.9 Å². The molecule has 3 aromatic rings. The van der Waals surface area contributed by atoms with Crippen molar-refractivity contribution in [3.63, 3.8) is 0 Å². The number of carboxylic acid groups (broad SMARTS) is 4. The summed E-state index contributed by atoms with van der Waals surface area (Å²) < 4.78 is 0. The molecule has 0 saturated heterocycles. The highest BCUT2D eigenvalue weighted by atomic mass is 16.4. The van der Waals surface area contributed by atoms with Gasteiger partial charge in [-0.2, -0.15) is 4.98 Å². The number of ketones is 3. The Balaban J connectivity index is 2.05. The maximum atomic E-state index is 14.8. The van der Waals surface area contributed by atoms with Crippen LogP contribution in [0.3, 0.4) is 0 Å². The molecule has 1 aromatic carbocycles. The molecular weight excluding hydrogens is 1550 g/mol. The number of aliphatic carboxylic acids is 4. The Labute approximate surface area is 658 Å². The molecule has 0 unspecified atom stereocenters. The Morgan fingerprint density at radius 1 is 0.448 bits per heavy atom. The minimum atomic E-state index is -2.21. The van der Waals surface area contributed by atoms with E-state index in [1.165, 1.54) is 37.4 Å². The summed E-state index contributed by atoms with van der Waals surface area (Å²) in [7, 11) is 0. The number of nitrogens with two attached hydrogens (primary N) is 1. The minimum absolute atomic E-state index is 0.0101. The first-order valence-corrected chi connectivity index (χ1v) is 36.4. The van der Waals surface area contributed by atoms with E-state index < -0.39 is 339 Å². The molecule has 47 heteroatoms. The highest BCUT2D eigenvalue weighted by molar-refractivity contribution is 5.99. The van der Waals surface area contributed by atoms with Crippen LogP contribution < -0.4 is 53.8 Å². The number of hydrogen-bond donors (Lipinski definition) is 29. The van der Waals surface area contributed by atoms with Gasteiger partial charge in [-0.15, -0.1) is 0 Å². The monoisotopic (exact) mass is 1660 g/mol. The molecular formula is C69H103N13O34. The second-order valence-corrected chi connectivity index (χ2v) is 27.2. The lowest BCUT2D eigenvalue weighted by Gasteiger charge is -2.26. The summed E-state index contributed by atoms with van der Waals surface area (Å²) in [4.78, 5) is 215. The van der Waals surface area contributed by atoms with E-state index in [-0.39, 0.29) is 35.6 Å². The fourth-order valence-electron chi connectivity index (χ4n) is 11.2. The van der Waals surface area contributed by atoms with Gasteiger partial charge >= 0.3 is 23.9 Å². The van der Waals surface area contributed by atoms with Crippen LogP contribution in [-0.4, -0.2) is 336 Å². The molecule has 0 radical (unpaired) electrons. The zero-order chi connectivity index (χ0) is 87.4. The van der Waals surface area contributed by atoms with Crippen molar-refractivity contribution in [1.29, 1.82) is 0 Å². The third kappa shape index (κ3) is 34.2. The largest absolute Gasteiger partial charge is 0.481 e. The van der Waals surface area contributed by atoms with Crippen molar-refractivity contribution in [2.75, 3.05) is 50.5 Å². The molecule has 30 N–H and O–H groups in total. The van der Waals surface area contributed by atoms with Gasteiger partial charge in [0.15, 0.2) is 22.7 Å². The van der Waals surface area contributed by atoms with Gasteiger partial charge in [-0.25, -0.2) is 19.6 Å². The second-order valence-electron chi connectivity index (χ2n) is 27.2. The molecule has 0 aliphatic heterocycles. The number of amides is 7. The summed E-state index contributed by atoms with van der Waals surface area (Å²) in [5.74, 6) is -23.5. The SMILES string of the molecule is CC[C@H](NC(=O)[C@H](CCC(=O)NC[C@H](O)[C@@H](O)[C@H](O)[C@H](O)CO)CC(=O)[C@H](CCC(=O)O)NC(=O)[C@H](CCC(=O)NC[C@H](O)[C@@H](O)[C@H](O)[C@H](O)CO)CC(=O)[C@H](CCC(=O)O)NC(=O)[C@H](CCC(=O)NC[C@H](O)[C@@H](O)[C@H](O)[C@H](O)CO)CC(=O)CC[C@H](NC(=O)c1ccc(NCc2cnc3nc(N)[nH]c(=O)c3n2)cc1)C(=O)O)C(=O)O. The van der Waals surface area contributed by atoms with Crippen LogP contribution in [0.15, 0.2) is 35.3 Å². The molecule has 0 saturated carbocycles. The molecule has 19 atom stereocenters. The van der Waals surface area contributed by atoms with Crippen molar-refractivity contribution in [2.24, 2.45) is 17.8 Å². The molecule has 0 bridgehead atoms. The smallest absolute Gasteiger partial charge is 0.326 e. The van der Waals surface area contributed by atoms with Crippen molar-refractivity contribution in [3.8, 4) is 0 Å². The number of nitrogens with zero attached hydrogens (tertiary/aromatic N) is 3. The fourth-order valence-corrected chi connectivity index (χ4v) is 11.2. The number of H-pyrrole nitrogens is 1. The topological polar surface area (TPSA) is 817 Å². The van der Waals surface area contributed by atoms with Gasteiger partial charge < -0.3 is 145 Å². The number of rotatable bonds is 58. The Morgan fingerprint density at radius 2 is 0.819 bits per heavy atom. The van der Waals surface area contributed by atoms with Crippen LogP contribution in [0.5, 0.6) is 0 Å². The van der Waals surface area contributed by atoms with Crippen LogP contribution in [0.1, 0.15) is 126 Å². The van der Waals surface area contributed by atoms with Gasteiger partial charge in [0.05, 0.1) is 68.7 Å². The number of carbonyl (C=O) groups is 14. The summed E-state index contributed by atoms with van der Waals surface area (Å²) >= 11 is 0. The minimum Gasteiger partial charge on any atom is -0.481 e. The Hall–Kier alpha value is -10.4. The highest BCUT2D eigenvalue weighted by Crippen LogP contribution is 2.23. The molecule has 47 nitrogen and oxygen atoms in total. The first-order chi connectivity index (χ1) is 54.5. The van der Waals surface area contributed by atoms with Crippen LogP contribution in [0.25, 0.3) is 11.2 Å². The van der Waals surface area contributed by atoms with Gasteiger partial charge in [-0.1, -0.05) is 6.92 Å². The second kappa shape index (κ2) is 50.2. The average molecular weight is 1660 g/mol. The molecule has 116 heavy (non-hydrogen) atoms. The zero-order valence-electron chi connectivity index (χ0n) is 62.7. The van der Waals surface area contributed by atoms with Crippen molar-refractivity contribution in [2.45, 2.75) is 214 Å². The third-order valence-corrected chi connectivity index (χ3v) is 18.3. The first kappa shape index (κ1) is 99.8. The number of aromatic nitrogens is 4. The van der Waals surface area contributed by atoms with Crippen LogP contribution in [0.2, 0.25) is 0 Å². The van der Waals surface area contributed by atoms with E-state index in [2.05, 4.69) is 62.5 Å². The number of nitrogens with one attached hydrogen (secondary N) is 9. The molecule has 0 fully saturated rings. The Kier molecular flexibility index (Phi) is 43.2. The first-order valence-electron chi connectivity index (χ1n) is 36.4. The Morgan fingerprint density at radius 3 is 1.19 bits per heavy atom. The lowest BCUT2D eigenvalue weighted by Crippen LogP contribution is -2.50. The van der Waals surface area contributed by atoms with Crippen LogP contribution in [0.4, 0.5) is 11.6 Å². The summed E-state index contributed by atoms with van der Waals surface area (Å²) in [6.07, 6.45) is -36.6. The maximum Gasteiger partial charge on any atom is 0.326 e. The van der Waals surface area contributed by atoms with E-state index in [4.69, 9.17) is 10.8 Å². The molecule has 0 aliphatic carbocycles. The molecule has 0 aliphatic rings. The van der Waals surface area contributed by atoms with Gasteiger partial charge in [0.2, 0.25) is 41.4 Å². The van der Waals surface area contributed by atoms with E-state index in [1.54, 1.807) is 0 Å². The molecule has 0 spiro atoms. The number of carbonyl (C=O) groups excluding carboxylic acids is 10. The average Bonchev–Trinajstić information content (AvgIpc) is 0.815. The molecule has 2 heterocycles. The predicted octanol–water partition coefficient (Wildman–Crippen LogP) is -10.7. The van der Waals surface area contributed by atoms with Crippen molar-refractivity contribution >= 4 is 105 Å². The number of hydrogen-bond acceptors (Lipinski definition) is 35. The maximum absolute atomic E-state index is 14.8. The van der Waals surface area contributed by atoms with E-state index in [0.717, 1.165) is 0 Å². The van der Waals surface area contributed by atoms with Gasteiger partial charge in [0, 0.05) is 106 Å². The van der Waals surface area contributed by atoms with E-state index in [0.29, 0.717) is 11.4 Å². The number of anilines is 2. The number of aromatic amines is 1. The molecule has 648 valence electrons. The summed E-state index contributed by atoms with van der Waals surface area (Å²) in [5.41, 5.74) is 5.43. The van der Waals surface area contributed by atoms with Crippen LogP contribution in [0, 0.1) is 17.8 Å². The lowest BCUT2D eigenvalue weighted by atomic mass is 9.89. The van der Waals surface area contributed by atoms with Gasteiger partial charge in [-0.05, 0) is 69.2 Å². The van der Waals surface area contributed by atoms with E-state index >= 15 is 0 Å². The number of fused-ring (bicyclic) bond motifs is 1. The van der Waals surface area contributed by atoms with Gasteiger partial charge in [0.25, 0.3) is 11.5 Å². The van der Waals surface area contributed by atoms with Crippen molar-refractivity contribution < 1.29 is 164 Å². The molecule has 2 aromatic heterocycles. The summed E-state index contributed by atoms with van der Waals surface area (Å²) in [6.45, 7) is -4.45. The number of Topliss-reactive ketones (excluding diaryl/α,β-unsaturated/α-hetero) is 3. The number of nitrogen functional groups attached to an aromatic ring is 1. The number of aliphatic hydroxyl groups is 15. The number of aliphatic hydroxyl groups excluding tert-OH is 15. The zero-order valence-corrected chi connectivity index (χ0v) is 62.7. The van der Waals surface area contributed by atoms with Crippen LogP contribution >= 0.6 is 0 Å². The van der Waals surface area contributed by atoms with Crippen molar-refractivity contribution in [1.82, 2.24) is 57.2 Å². The Bertz CT molecular complexity index is 3860. The van der Waals surface area contributed by atoms with Gasteiger partial charge in [-0.3, -0.25) is 67.3 Å². The van der Waals surface area contributed by atoms with Gasteiger partial charge in [0.1, 0.15) is 72.8 Å². The fraction of sp³-hybridized carbons (Fsp3) is 0.623. The highest BCUT2D eigenvalue weighted by Gasteiger charge is 2.38. The lowest BCUT2D eigenvalue weighted by molar-refractivity contribution is -0.143. The summed E-state index contributed by atoms with van der Waals surface area (Å²) in [6, 6.07) is -2.01.